The average molecular weight is 378 g/mol. The molecule has 2 aliphatic carbocycles. The first-order chi connectivity index (χ1) is 13.8. The number of anilines is 1. The molecule has 0 unspecified atom stereocenters. The first-order valence-corrected chi connectivity index (χ1v) is 10.7. The van der Waals surface area contributed by atoms with Crippen LogP contribution < -0.4 is 4.90 Å². The zero-order chi connectivity index (χ0) is 19.2. The molecule has 0 aliphatic heterocycles. The number of fused-ring (bicyclic) bond motifs is 1. The van der Waals surface area contributed by atoms with Crippen LogP contribution in [0.25, 0.3) is 0 Å². The van der Waals surface area contributed by atoms with Gasteiger partial charge in [-0.2, -0.15) is 0 Å². The van der Waals surface area contributed by atoms with Gasteiger partial charge in [0.2, 0.25) is 0 Å². The largest absolute Gasteiger partial charge is 0.372 e. The maximum absolute atomic E-state index is 13.0. The number of para-hydroxylation sites is 1. The molecule has 0 saturated heterocycles. The molecule has 0 atom stereocenters. The number of benzene rings is 2. The molecular formula is C25H31NO2. The van der Waals surface area contributed by atoms with Gasteiger partial charge in [-0.05, 0) is 61.1 Å². The van der Waals surface area contributed by atoms with Crippen LogP contribution in [0.4, 0.5) is 5.69 Å². The molecule has 0 heterocycles. The summed E-state index contributed by atoms with van der Waals surface area (Å²) in [4.78, 5) is 14.8. The van der Waals surface area contributed by atoms with Gasteiger partial charge in [-0.1, -0.05) is 61.4 Å². The normalized spacial score (nSPS) is 23.5. The quantitative estimate of drug-likeness (QED) is 0.561. The van der Waals surface area contributed by atoms with Gasteiger partial charge >= 0.3 is 0 Å². The minimum Gasteiger partial charge on any atom is -0.372 e. The van der Waals surface area contributed by atoms with Gasteiger partial charge in [0.15, 0.2) is 0 Å². The molecule has 0 N–H and O–H groups in total. The first-order valence-electron chi connectivity index (χ1n) is 10.7. The van der Waals surface area contributed by atoms with E-state index >= 15 is 0 Å². The number of hydrogen-bond donors (Lipinski definition) is 0. The van der Waals surface area contributed by atoms with E-state index in [0.717, 1.165) is 23.6 Å². The molecule has 0 aromatic heterocycles. The molecule has 2 aromatic carbocycles. The van der Waals surface area contributed by atoms with Crippen LogP contribution in [0.3, 0.4) is 0 Å². The van der Waals surface area contributed by atoms with Gasteiger partial charge < -0.3 is 9.64 Å². The summed E-state index contributed by atoms with van der Waals surface area (Å²) < 4.78 is 5.91. The van der Waals surface area contributed by atoms with E-state index in [1.165, 1.54) is 38.5 Å². The molecule has 0 spiro atoms. The highest BCUT2D eigenvalue weighted by Gasteiger charge is 2.45. The highest BCUT2D eigenvalue weighted by Crippen LogP contribution is 2.56. The van der Waals surface area contributed by atoms with Gasteiger partial charge in [-0.15, -0.1) is 0 Å². The van der Waals surface area contributed by atoms with Crippen LogP contribution in [0, 0.1) is 11.3 Å². The fraction of sp³-hybridized carbons (Fsp3) is 0.480. The molecule has 28 heavy (non-hydrogen) atoms. The summed E-state index contributed by atoms with van der Waals surface area (Å²) in [6.45, 7) is 1.43. The van der Waals surface area contributed by atoms with E-state index in [2.05, 4.69) is 12.1 Å². The third kappa shape index (κ3) is 4.30. The third-order valence-corrected chi connectivity index (χ3v) is 6.84. The molecule has 3 heteroatoms. The smallest absolute Gasteiger partial charge is 0.253 e. The maximum atomic E-state index is 13.0. The fourth-order valence-electron chi connectivity index (χ4n) is 5.36. The van der Waals surface area contributed by atoms with E-state index in [1.54, 1.807) is 0 Å². The lowest BCUT2D eigenvalue weighted by atomic mass is 9.78. The van der Waals surface area contributed by atoms with E-state index in [0.29, 0.717) is 18.6 Å². The lowest BCUT2D eigenvalue weighted by molar-refractivity contribution is -0.123. The van der Waals surface area contributed by atoms with Gasteiger partial charge in [0.1, 0.15) is 6.61 Å². The second-order valence-electron chi connectivity index (χ2n) is 8.45. The lowest BCUT2D eigenvalue weighted by Gasteiger charge is -2.29. The minimum absolute atomic E-state index is 0.0296. The number of ether oxygens (including phenoxy) is 1. The third-order valence-electron chi connectivity index (χ3n) is 6.84. The molecular weight excluding hydrogens is 346 g/mol. The monoisotopic (exact) mass is 377 g/mol. The lowest BCUT2D eigenvalue weighted by Crippen LogP contribution is -2.34. The Labute approximate surface area is 168 Å². The van der Waals surface area contributed by atoms with Gasteiger partial charge in [0.25, 0.3) is 5.91 Å². The topological polar surface area (TPSA) is 29.5 Å². The van der Waals surface area contributed by atoms with Crippen molar-refractivity contribution in [2.24, 2.45) is 11.3 Å². The summed E-state index contributed by atoms with van der Waals surface area (Å²) in [5.41, 5.74) is 2.56. The molecule has 2 fully saturated rings. The van der Waals surface area contributed by atoms with E-state index < -0.39 is 0 Å². The summed E-state index contributed by atoms with van der Waals surface area (Å²) in [5.74, 6) is 0.938. The summed E-state index contributed by atoms with van der Waals surface area (Å²) in [6.07, 6.45) is 9.40. The summed E-state index contributed by atoms with van der Waals surface area (Å²) in [5, 5.41) is 0. The van der Waals surface area contributed by atoms with E-state index in [9.17, 15) is 4.79 Å². The van der Waals surface area contributed by atoms with Crippen LogP contribution in [0.15, 0.2) is 60.7 Å². The van der Waals surface area contributed by atoms with Crippen molar-refractivity contribution < 1.29 is 9.53 Å². The Bertz CT molecular complexity index is 749. The van der Waals surface area contributed by atoms with Crippen LogP contribution in [-0.2, 0) is 16.1 Å². The number of amides is 1. The number of nitrogens with zero attached hydrogens (tertiary/aromatic N) is 1. The Balaban J connectivity index is 1.34. The second kappa shape index (κ2) is 8.91. The van der Waals surface area contributed by atoms with Crippen molar-refractivity contribution in [1.82, 2.24) is 0 Å². The predicted octanol–water partition coefficient (Wildman–Crippen LogP) is 5.60. The van der Waals surface area contributed by atoms with Gasteiger partial charge in [0.05, 0.1) is 6.54 Å². The average Bonchev–Trinajstić information content (AvgIpc) is 3.31. The highest BCUT2D eigenvalue weighted by atomic mass is 16.5. The Morgan fingerprint density at radius 2 is 1.61 bits per heavy atom. The van der Waals surface area contributed by atoms with Crippen molar-refractivity contribution in [3.05, 3.63) is 66.2 Å². The van der Waals surface area contributed by atoms with Crippen molar-refractivity contribution in [2.75, 3.05) is 18.1 Å². The molecule has 3 nitrogen and oxygen atoms in total. The van der Waals surface area contributed by atoms with Crippen LogP contribution in [-0.4, -0.2) is 19.1 Å². The van der Waals surface area contributed by atoms with Crippen molar-refractivity contribution in [2.45, 2.75) is 51.5 Å². The van der Waals surface area contributed by atoms with Crippen molar-refractivity contribution in [1.29, 1.82) is 0 Å². The molecule has 148 valence electrons. The minimum atomic E-state index is 0.0296. The molecule has 4 rings (SSSR count). The molecule has 2 aliphatic rings. The van der Waals surface area contributed by atoms with Crippen LogP contribution >= 0.6 is 0 Å². The van der Waals surface area contributed by atoms with E-state index in [-0.39, 0.29) is 12.5 Å². The van der Waals surface area contributed by atoms with Crippen molar-refractivity contribution in [3.63, 3.8) is 0 Å². The maximum Gasteiger partial charge on any atom is 0.253 e. The summed E-state index contributed by atoms with van der Waals surface area (Å²) in [6, 6.07) is 20.0. The van der Waals surface area contributed by atoms with Crippen LogP contribution in [0.1, 0.15) is 50.5 Å². The molecule has 2 saturated carbocycles. The Kier molecular flexibility index (Phi) is 6.11. The molecule has 0 radical (unpaired) electrons. The predicted molar refractivity (Wildman–Crippen MR) is 113 cm³/mol. The molecule has 2 aromatic rings. The zero-order valence-electron chi connectivity index (χ0n) is 16.7. The number of carbonyl (C=O) groups excluding carboxylic acids is 1. The molecule has 1 amide bonds. The number of hydrogen-bond acceptors (Lipinski definition) is 2. The highest BCUT2D eigenvalue weighted by molar-refractivity contribution is 5.94. The van der Waals surface area contributed by atoms with E-state index in [1.807, 2.05) is 53.4 Å². The SMILES string of the molecule is O=C(COCCC12CCCC1CCC2)N(Cc1ccccc1)c1ccccc1. The fourth-order valence-corrected chi connectivity index (χ4v) is 5.36. The first kappa shape index (κ1) is 19.2. The van der Waals surface area contributed by atoms with Crippen molar-refractivity contribution >= 4 is 11.6 Å². The van der Waals surface area contributed by atoms with Gasteiger partial charge in [-0.25, -0.2) is 0 Å². The van der Waals surface area contributed by atoms with Crippen LogP contribution in [0.5, 0.6) is 0 Å². The number of rotatable bonds is 8. The Morgan fingerprint density at radius 3 is 2.29 bits per heavy atom. The van der Waals surface area contributed by atoms with Gasteiger partial charge in [0, 0.05) is 12.3 Å². The Hall–Kier alpha value is -2.13. The molecule has 0 bridgehead atoms. The zero-order valence-corrected chi connectivity index (χ0v) is 16.7. The summed E-state index contributed by atoms with van der Waals surface area (Å²) in [7, 11) is 0. The summed E-state index contributed by atoms with van der Waals surface area (Å²) >= 11 is 0. The second-order valence-corrected chi connectivity index (χ2v) is 8.45. The van der Waals surface area contributed by atoms with Crippen molar-refractivity contribution in [3.8, 4) is 0 Å². The number of carbonyl (C=O) groups is 1. The Morgan fingerprint density at radius 1 is 0.964 bits per heavy atom. The standard InChI is InChI=1S/C25H31NO2/c27-24(20-28-18-17-25-15-7-11-22(25)12-8-16-25)26(23-13-5-2-6-14-23)19-21-9-3-1-4-10-21/h1-6,9-10,13-14,22H,7-8,11-12,15-20H2. The van der Waals surface area contributed by atoms with E-state index in [4.69, 9.17) is 4.74 Å². The van der Waals surface area contributed by atoms with Crippen LogP contribution in [0.2, 0.25) is 0 Å². The van der Waals surface area contributed by atoms with Gasteiger partial charge in [-0.3, -0.25) is 4.79 Å².